The molecule has 2 N–H and O–H groups in total. The van der Waals surface area contributed by atoms with Gasteiger partial charge in [0.2, 0.25) is 5.95 Å². The van der Waals surface area contributed by atoms with Crippen LogP contribution in [0.3, 0.4) is 0 Å². The van der Waals surface area contributed by atoms with E-state index in [0.717, 1.165) is 11.0 Å². The Kier molecular flexibility index (Phi) is 2.97. The highest BCUT2D eigenvalue weighted by molar-refractivity contribution is 5.80. The van der Waals surface area contributed by atoms with Gasteiger partial charge in [-0.25, -0.2) is 4.98 Å². The van der Waals surface area contributed by atoms with Crippen molar-refractivity contribution in [1.82, 2.24) is 9.55 Å². The van der Waals surface area contributed by atoms with E-state index in [-0.39, 0.29) is 5.54 Å². The third-order valence-corrected chi connectivity index (χ3v) is 2.91. The van der Waals surface area contributed by atoms with Crippen molar-refractivity contribution >= 4 is 17.0 Å². The zero-order valence-electron chi connectivity index (χ0n) is 10.8. The molecule has 0 unspecified atom stereocenters. The third-order valence-electron chi connectivity index (χ3n) is 2.91. The van der Waals surface area contributed by atoms with Crippen LogP contribution >= 0.6 is 0 Å². The lowest BCUT2D eigenvalue weighted by Gasteiger charge is -2.27. The summed E-state index contributed by atoms with van der Waals surface area (Å²) in [6, 6.07) is 7.48. The molecule has 0 aliphatic carbocycles. The van der Waals surface area contributed by atoms with Gasteiger partial charge in [0.15, 0.2) is 0 Å². The van der Waals surface area contributed by atoms with Crippen molar-refractivity contribution in [1.29, 1.82) is 5.26 Å². The molecular formula is C13H16N4O. The normalized spacial score (nSPS) is 11.7. The lowest BCUT2D eigenvalue weighted by atomic mass is 10.1. The van der Waals surface area contributed by atoms with Crippen molar-refractivity contribution in [3.63, 3.8) is 0 Å². The van der Waals surface area contributed by atoms with Crippen molar-refractivity contribution in [2.45, 2.75) is 19.4 Å². The van der Waals surface area contributed by atoms with E-state index in [0.29, 0.717) is 18.1 Å². The average molecular weight is 244 g/mol. The Morgan fingerprint density at radius 3 is 2.83 bits per heavy atom. The highest BCUT2D eigenvalue weighted by Gasteiger charge is 2.25. The third kappa shape index (κ3) is 1.91. The van der Waals surface area contributed by atoms with Gasteiger partial charge in [-0.1, -0.05) is 0 Å². The van der Waals surface area contributed by atoms with Crippen LogP contribution in [-0.4, -0.2) is 23.3 Å². The van der Waals surface area contributed by atoms with Gasteiger partial charge in [0, 0.05) is 7.11 Å². The maximum Gasteiger partial charge on any atom is 0.201 e. The predicted molar refractivity (Wildman–Crippen MR) is 70.1 cm³/mol. The maximum atomic E-state index is 8.97. The number of ether oxygens (including phenoxy) is 1. The number of nitrogens with two attached hydrogens (primary N) is 1. The Bertz CT molecular complexity index is 622. The molecule has 0 radical (unpaired) electrons. The number of hydrogen-bond donors (Lipinski definition) is 1. The van der Waals surface area contributed by atoms with Crippen LogP contribution in [0.5, 0.6) is 0 Å². The summed E-state index contributed by atoms with van der Waals surface area (Å²) in [5, 5.41) is 8.97. The Morgan fingerprint density at radius 1 is 1.50 bits per heavy atom. The van der Waals surface area contributed by atoms with Crippen LogP contribution in [-0.2, 0) is 10.3 Å². The molecule has 0 saturated heterocycles. The molecule has 0 bridgehead atoms. The molecule has 1 aromatic carbocycles. The fourth-order valence-corrected chi connectivity index (χ4v) is 2.22. The molecule has 0 atom stereocenters. The van der Waals surface area contributed by atoms with E-state index >= 15 is 0 Å². The Hall–Kier alpha value is -2.06. The summed E-state index contributed by atoms with van der Waals surface area (Å²) in [5.41, 5.74) is 7.89. The molecule has 5 heteroatoms. The van der Waals surface area contributed by atoms with Crippen molar-refractivity contribution < 1.29 is 4.74 Å². The number of aromatic nitrogens is 2. The first-order valence-corrected chi connectivity index (χ1v) is 5.67. The molecule has 1 heterocycles. The quantitative estimate of drug-likeness (QED) is 0.894. The average Bonchev–Trinajstić information content (AvgIpc) is 2.64. The van der Waals surface area contributed by atoms with Crippen LogP contribution in [0, 0.1) is 11.3 Å². The van der Waals surface area contributed by atoms with Gasteiger partial charge in [-0.3, -0.25) is 0 Å². The SMILES string of the molecule is COCC(C)(C)n1c(N)nc2ccc(C#N)cc21. The zero-order chi connectivity index (χ0) is 13.3. The molecule has 0 saturated carbocycles. The first-order chi connectivity index (χ1) is 8.49. The molecule has 5 nitrogen and oxygen atoms in total. The summed E-state index contributed by atoms with van der Waals surface area (Å²) in [7, 11) is 1.65. The first kappa shape index (κ1) is 12.4. The van der Waals surface area contributed by atoms with Gasteiger partial charge in [-0.2, -0.15) is 5.26 Å². The minimum absolute atomic E-state index is 0.318. The number of nitrogens with zero attached hydrogens (tertiary/aromatic N) is 3. The number of fused-ring (bicyclic) bond motifs is 1. The maximum absolute atomic E-state index is 8.97. The van der Waals surface area contributed by atoms with E-state index in [2.05, 4.69) is 11.1 Å². The molecular weight excluding hydrogens is 228 g/mol. The Balaban J connectivity index is 2.69. The van der Waals surface area contributed by atoms with E-state index in [1.807, 2.05) is 24.5 Å². The topological polar surface area (TPSA) is 76.9 Å². The van der Waals surface area contributed by atoms with Crippen molar-refractivity contribution in [2.24, 2.45) is 0 Å². The summed E-state index contributed by atoms with van der Waals surface area (Å²) in [4.78, 5) is 4.31. The van der Waals surface area contributed by atoms with E-state index in [1.54, 1.807) is 19.2 Å². The highest BCUT2D eigenvalue weighted by atomic mass is 16.5. The van der Waals surface area contributed by atoms with E-state index < -0.39 is 0 Å². The predicted octanol–water partition coefficient (Wildman–Crippen LogP) is 1.87. The number of benzene rings is 1. The summed E-state index contributed by atoms with van der Waals surface area (Å²) in [5.74, 6) is 0.433. The largest absolute Gasteiger partial charge is 0.382 e. The molecule has 0 aliphatic heterocycles. The molecule has 0 aliphatic rings. The van der Waals surface area contributed by atoms with Crippen molar-refractivity contribution in [2.75, 3.05) is 19.5 Å². The summed E-state index contributed by atoms with van der Waals surface area (Å²) in [6.07, 6.45) is 0. The lowest BCUT2D eigenvalue weighted by Crippen LogP contribution is -2.32. The standard InChI is InChI=1S/C13H16N4O/c1-13(2,8-18-3)17-11-6-9(7-14)4-5-10(11)16-12(17)15/h4-6H,8H2,1-3H3,(H2,15,16). The second-order valence-corrected chi connectivity index (χ2v) is 4.87. The fourth-order valence-electron chi connectivity index (χ4n) is 2.22. The van der Waals surface area contributed by atoms with Crippen molar-refractivity contribution in [3.8, 4) is 6.07 Å². The van der Waals surface area contributed by atoms with Crippen LogP contribution in [0.2, 0.25) is 0 Å². The molecule has 1 aromatic heterocycles. The summed E-state index contributed by atoms with van der Waals surface area (Å²) >= 11 is 0. The molecule has 0 fully saturated rings. The van der Waals surface area contributed by atoms with E-state index in [9.17, 15) is 0 Å². The number of nitriles is 1. The van der Waals surface area contributed by atoms with Gasteiger partial charge >= 0.3 is 0 Å². The van der Waals surface area contributed by atoms with Crippen LogP contribution < -0.4 is 5.73 Å². The number of rotatable bonds is 3. The minimum atomic E-state index is -0.318. The highest BCUT2D eigenvalue weighted by Crippen LogP contribution is 2.27. The first-order valence-electron chi connectivity index (χ1n) is 5.67. The zero-order valence-corrected chi connectivity index (χ0v) is 10.8. The van der Waals surface area contributed by atoms with Gasteiger partial charge < -0.3 is 15.0 Å². The van der Waals surface area contributed by atoms with Gasteiger partial charge in [0.25, 0.3) is 0 Å². The van der Waals surface area contributed by atoms with E-state index in [4.69, 9.17) is 15.7 Å². The van der Waals surface area contributed by atoms with Crippen LogP contribution in [0.4, 0.5) is 5.95 Å². The number of nitrogen functional groups attached to an aromatic ring is 1. The molecule has 0 amide bonds. The van der Waals surface area contributed by atoms with Crippen LogP contribution in [0.25, 0.3) is 11.0 Å². The second-order valence-electron chi connectivity index (χ2n) is 4.87. The molecule has 18 heavy (non-hydrogen) atoms. The van der Waals surface area contributed by atoms with Gasteiger partial charge in [-0.15, -0.1) is 0 Å². The molecule has 0 spiro atoms. The van der Waals surface area contributed by atoms with Gasteiger partial charge in [0.05, 0.1) is 34.8 Å². The number of imidazole rings is 1. The molecule has 2 rings (SSSR count). The second kappa shape index (κ2) is 4.31. The number of anilines is 1. The smallest absolute Gasteiger partial charge is 0.201 e. The number of methoxy groups -OCH3 is 1. The monoisotopic (exact) mass is 244 g/mol. The Labute approximate surface area is 106 Å². The van der Waals surface area contributed by atoms with Gasteiger partial charge in [0.1, 0.15) is 0 Å². The summed E-state index contributed by atoms with van der Waals surface area (Å²) < 4.78 is 7.13. The van der Waals surface area contributed by atoms with Gasteiger partial charge in [-0.05, 0) is 32.0 Å². The van der Waals surface area contributed by atoms with E-state index in [1.165, 1.54) is 0 Å². The fraction of sp³-hybridized carbons (Fsp3) is 0.385. The Morgan fingerprint density at radius 2 is 2.22 bits per heavy atom. The summed E-state index contributed by atoms with van der Waals surface area (Å²) in [6.45, 7) is 4.56. The van der Waals surface area contributed by atoms with Crippen LogP contribution in [0.15, 0.2) is 18.2 Å². The molecule has 2 aromatic rings. The number of hydrogen-bond acceptors (Lipinski definition) is 4. The van der Waals surface area contributed by atoms with Crippen LogP contribution in [0.1, 0.15) is 19.4 Å². The minimum Gasteiger partial charge on any atom is -0.382 e. The van der Waals surface area contributed by atoms with Crippen molar-refractivity contribution in [3.05, 3.63) is 23.8 Å². The molecule has 94 valence electrons. The lowest BCUT2D eigenvalue weighted by molar-refractivity contribution is 0.113.